The minimum atomic E-state index is -0.395. The zero-order chi connectivity index (χ0) is 15.8. The van der Waals surface area contributed by atoms with Crippen molar-refractivity contribution in [3.8, 4) is 0 Å². The van der Waals surface area contributed by atoms with Gasteiger partial charge < -0.3 is 15.5 Å². The molecule has 1 aromatic carbocycles. The first-order valence-corrected chi connectivity index (χ1v) is 6.93. The predicted octanol–water partition coefficient (Wildman–Crippen LogP) is 0.910. The summed E-state index contributed by atoms with van der Waals surface area (Å²) in [7, 11) is 0. The van der Waals surface area contributed by atoms with Gasteiger partial charge in [0.25, 0.3) is 5.69 Å². The molecule has 0 aromatic heterocycles. The van der Waals surface area contributed by atoms with Gasteiger partial charge in [0.05, 0.1) is 18.1 Å². The van der Waals surface area contributed by atoms with Crippen molar-refractivity contribution in [1.82, 2.24) is 4.90 Å². The Bertz CT molecular complexity index is 474. The van der Waals surface area contributed by atoms with Crippen molar-refractivity contribution in [1.29, 1.82) is 0 Å². The van der Waals surface area contributed by atoms with Gasteiger partial charge in [0.1, 0.15) is 5.69 Å². The zero-order valence-electron chi connectivity index (χ0n) is 12.5. The minimum Gasteiger partial charge on any atom is -0.395 e. The van der Waals surface area contributed by atoms with Crippen LogP contribution in [-0.2, 0) is 0 Å². The maximum absolute atomic E-state index is 11.1. The topological polar surface area (TPSA) is 98.9 Å². The zero-order valence-corrected chi connectivity index (χ0v) is 12.5. The van der Waals surface area contributed by atoms with E-state index < -0.39 is 4.92 Å². The lowest BCUT2D eigenvalue weighted by Gasteiger charge is -2.20. The van der Waals surface area contributed by atoms with Gasteiger partial charge in [-0.3, -0.25) is 15.0 Å². The number of benzene rings is 1. The molecule has 0 amide bonds. The summed E-state index contributed by atoms with van der Waals surface area (Å²) in [6.45, 7) is 5.82. The van der Waals surface area contributed by atoms with Crippen LogP contribution >= 0.6 is 0 Å². The highest BCUT2D eigenvalue weighted by Gasteiger charge is 2.15. The average molecular weight is 297 g/mol. The average Bonchev–Trinajstić information content (AvgIpc) is 2.42. The standard InChI is InChI=1S/C14H23N3O4/c1-11-9-13(14(17(20)21)10-12(11)2)15-3-4-16(5-7-18)6-8-19/h9-10,15,18-19H,3-8H2,1-2H3. The predicted molar refractivity (Wildman–Crippen MR) is 81.7 cm³/mol. The molecule has 0 aliphatic heterocycles. The number of hydrogen-bond donors (Lipinski definition) is 3. The Balaban J connectivity index is 2.70. The third kappa shape index (κ3) is 5.30. The fraction of sp³-hybridized carbons (Fsp3) is 0.571. The number of nitrogens with one attached hydrogen (secondary N) is 1. The van der Waals surface area contributed by atoms with Gasteiger partial charge in [0.2, 0.25) is 0 Å². The molecule has 0 spiro atoms. The Morgan fingerprint density at radius 2 is 1.71 bits per heavy atom. The van der Waals surface area contributed by atoms with Crippen LogP contribution in [0, 0.1) is 24.0 Å². The molecule has 0 fully saturated rings. The van der Waals surface area contributed by atoms with Crippen molar-refractivity contribution in [2.75, 3.05) is 44.7 Å². The molecule has 0 unspecified atom stereocenters. The molecular weight excluding hydrogens is 274 g/mol. The second kappa shape index (κ2) is 8.56. The molecule has 7 nitrogen and oxygen atoms in total. The first kappa shape index (κ1) is 17.4. The molecule has 7 heteroatoms. The normalized spacial score (nSPS) is 10.9. The van der Waals surface area contributed by atoms with E-state index in [1.54, 1.807) is 12.1 Å². The Morgan fingerprint density at radius 1 is 1.14 bits per heavy atom. The van der Waals surface area contributed by atoms with Crippen LogP contribution in [0.4, 0.5) is 11.4 Å². The second-order valence-corrected chi connectivity index (χ2v) is 4.93. The number of nitro groups is 1. The molecule has 3 N–H and O–H groups in total. The summed E-state index contributed by atoms with van der Waals surface area (Å²) >= 11 is 0. The molecule has 0 saturated carbocycles. The van der Waals surface area contributed by atoms with E-state index in [1.807, 2.05) is 18.7 Å². The first-order valence-electron chi connectivity index (χ1n) is 6.93. The van der Waals surface area contributed by atoms with Gasteiger partial charge in [0.15, 0.2) is 0 Å². The van der Waals surface area contributed by atoms with Crippen LogP contribution in [0.25, 0.3) is 0 Å². The Labute approximate surface area is 124 Å². The van der Waals surface area contributed by atoms with E-state index in [2.05, 4.69) is 5.32 Å². The van der Waals surface area contributed by atoms with Gasteiger partial charge in [0, 0.05) is 32.2 Å². The van der Waals surface area contributed by atoms with E-state index >= 15 is 0 Å². The summed E-state index contributed by atoms with van der Waals surface area (Å²) in [4.78, 5) is 12.6. The van der Waals surface area contributed by atoms with Crippen molar-refractivity contribution >= 4 is 11.4 Å². The summed E-state index contributed by atoms with van der Waals surface area (Å²) in [6.07, 6.45) is 0. The third-order valence-electron chi connectivity index (χ3n) is 3.38. The molecule has 118 valence electrons. The van der Waals surface area contributed by atoms with Gasteiger partial charge in [-0.2, -0.15) is 0 Å². The fourth-order valence-electron chi connectivity index (χ4n) is 2.06. The molecular formula is C14H23N3O4. The number of nitrogens with zero attached hydrogens (tertiary/aromatic N) is 2. The Morgan fingerprint density at radius 3 is 2.24 bits per heavy atom. The van der Waals surface area contributed by atoms with Crippen LogP contribution in [0.15, 0.2) is 12.1 Å². The highest BCUT2D eigenvalue weighted by atomic mass is 16.6. The summed E-state index contributed by atoms with van der Waals surface area (Å²) in [5, 5.41) is 32.0. The first-order chi connectivity index (χ1) is 9.99. The summed E-state index contributed by atoms with van der Waals surface area (Å²) in [6, 6.07) is 3.34. The third-order valence-corrected chi connectivity index (χ3v) is 3.38. The molecule has 1 aromatic rings. The summed E-state index contributed by atoms with van der Waals surface area (Å²) in [5.41, 5.74) is 2.44. The van der Waals surface area contributed by atoms with E-state index in [4.69, 9.17) is 10.2 Å². The molecule has 0 aliphatic carbocycles. The fourth-order valence-corrected chi connectivity index (χ4v) is 2.06. The highest BCUT2D eigenvalue weighted by Crippen LogP contribution is 2.27. The number of aliphatic hydroxyl groups excluding tert-OH is 2. The lowest BCUT2D eigenvalue weighted by atomic mass is 10.1. The van der Waals surface area contributed by atoms with Crippen molar-refractivity contribution in [3.05, 3.63) is 33.4 Å². The largest absolute Gasteiger partial charge is 0.395 e. The number of anilines is 1. The number of aliphatic hydroxyl groups is 2. The van der Waals surface area contributed by atoms with E-state index in [1.165, 1.54) is 0 Å². The Kier molecular flexibility index (Phi) is 7.07. The van der Waals surface area contributed by atoms with Crippen molar-refractivity contribution < 1.29 is 15.1 Å². The number of nitro benzene ring substituents is 1. The van der Waals surface area contributed by atoms with E-state index in [9.17, 15) is 10.1 Å². The molecule has 21 heavy (non-hydrogen) atoms. The number of aryl methyl sites for hydroxylation is 2. The van der Waals surface area contributed by atoms with Crippen molar-refractivity contribution in [2.45, 2.75) is 13.8 Å². The monoisotopic (exact) mass is 297 g/mol. The van der Waals surface area contributed by atoms with Crippen LogP contribution in [0.2, 0.25) is 0 Å². The van der Waals surface area contributed by atoms with Gasteiger partial charge >= 0.3 is 0 Å². The SMILES string of the molecule is Cc1cc(NCCN(CCO)CCO)c([N+](=O)[O-])cc1C. The van der Waals surface area contributed by atoms with Gasteiger partial charge in [-0.1, -0.05) is 0 Å². The molecule has 0 aliphatic rings. The molecule has 0 atom stereocenters. The highest BCUT2D eigenvalue weighted by molar-refractivity contribution is 5.64. The van der Waals surface area contributed by atoms with E-state index in [0.29, 0.717) is 31.9 Å². The maximum atomic E-state index is 11.1. The van der Waals surface area contributed by atoms with Gasteiger partial charge in [-0.05, 0) is 31.0 Å². The summed E-state index contributed by atoms with van der Waals surface area (Å²) in [5.74, 6) is 0. The minimum absolute atomic E-state index is 0.0176. The number of hydrogen-bond acceptors (Lipinski definition) is 6. The molecule has 0 saturated heterocycles. The van der Waals surface area contributed by atoms with Gasteiger partial charge in [-0.15, -0.1) is 0 Å². The summed E-state index contributed by atoms with van der Waals surface area (Å²) < 4.78 is 0. The quantitative estimate of drug-likeness (QED) is 0.463. The van der Waals surface area contributed by atoms with Crippen LogP contribution in [0.5, 0.6) is 0 Å². The van der Waals surface area contributed by atoms with E-state index in [0.717, 1.165) is 11.1 Å². The van der Waals surface area contributed by atoms with Crippen LogP contribution in [0.3, 0.4) is 0 Å². The molecule has 0 bridgehead atoms. The molecule has 0 heterocycles. The smallest absolute Gasteiger partial charge is 0.292 e. The van der Waals surface area contributed by atoms with Crippen LogP contribution < -0.4 is 5.32 Å². The van der Waals surface area contributed by atoms with Crippen LogP contribution in [0.1, 0.15) is 11.1 Å². The van der Waals surface area contributed by atoms with Gasteiger partial charge in [-0.25, -0.2) is 0 Å². The van der Waals surface area contributed by atoms with Crippen LogP contribution in [-0.4, -0.2) is 59.4 Å². The Hall–Kier alpha value is -1.70. The maximum Gasteiger partial charge on any atom is 0.292 e. The second-order valence-electron chi connectivity index (χ2n) is 4.93. The number of rotatable bonds is 9. The lowest BCUT2D eigenvalue weighted by molar-refractivity contribution is -0.384. The van der Waals surface area contributed by atoms with Crippen molar-refractivity contribution in [2.24, 2.45) is 0 Å². The lowest BCUT2D eigenvalue weighted by Crippen LogP contribution is -2.34. The van der Waals surface area contributed by atoms with Crippen molar-refractivity contribution in [3.63, 3.8) is 0 Å². The molecule has 0 radical (unpaired) electrons. The molecule has 1 rings (SSSR count). The van der Waals surface area contributed by atoms with E-state index in [-0.39, 0.29) is 18.9 Å².